The lowest BCUT2D eigenvalue weighted by Crippen LogP contribution is -2.40. The summed E-state index contributed by atoms with van der Waals surface area (Å²) in [7, 11) is -3.52. The third kappa shape index (κ3) is 3.83. The van der Waals surface area contributed by atoms with Crippen molar-refractivity contribution in [1.82, 2.24) is 5.32 Å². The molecule has 0 radical (unpaired) electrons. The zero-order chi connectivity index (χ0) is 19.1. The van der Waals surface area contributed by atoms with E-state index in [9.17, 15) is 18.0 Å². The first-order chi connectivity index (χ1) is 12.2. The molecular weight excluding hydrogens is 362 g/mol. The molecule has 0 aromatic rings. The summed E-state index contributed by atoms with van der Waals surface area (Å²) in [6.07, 6.45) is 0.249. The summed E-state index contributed by atoms with van der Waals surface area (Å²) in [6, 6.07) is 0. The fourth-order valence-corrected chi connectivity index (χ4v) is 6.34. The van der Waals surface area contributed by atoms with Gasteiger partial charge in [0.2, 0.25) is 0 Å². The molecule has 3 fully saturated rings. The highest BCUT2D eigenvalue weighted by Gasteiger charge is 2.65. The van der Waals surface area contributed by atoms with Crippen LogP contribution in [0, 0.1) is 23.7 Å². The number of fused-ring (bicyclic) bond motifs is 1. The molecule has 1 aliphatic heterocycles. The molecule has 1 heterocycles. The Kier molecular flexibility index (Phi) is 5.48. The van der Waals surface area contributed by atoms with Gasteiger partial charge in [-0.3, -0.25) is 8.98 Å². The Morgan fingerprint density at radius 3 is 2.65 bits per heavy atom. The van der Waals surface area contributed by atoms with E-state index in [4.69, 9.17) is 13.7 Å². The number of rotatable bonds is 7. The number of carbonyl (C=O) groups excluding carboxylic acids is 2. The van der Waals surface area contributed by atoms with Crippen LogP contribution in [0.1, 0.15) is 40.0 Å². The molecule has 1 N–H and O–H groups in total. The van der Waals surface area contributed by atoms with Crippen LogP contribution in [-0.4, -0.2) is 51.1 Å². The average Bonchev–Trinajstić information content (AvgIpc) is 3.15. The third-order valence-electron chi connectivity index (χ3n) is 5.50. The van der Waals surface area contributed by atoms with Crippen LogP contribution in [-0.2, 0) is 28.6 Å². The van der Waals surface area contributed by atoms with Crippen LogP contribution < -0.4 is 5.32 Å². The van der Waals surface area contributed by atoms with Crippen molar-refractivity contribution < 1.29 is 31.7 Å². The molecule has 0 spiro atoms. The standard InChI is InChI=1S/C17H27NO7S/c1-9(2)6-10(3)16(19)23-5-4-18-17(20)24-14-11-7-12-13(8-11)26(21,22)25-15(12)14/h9-15H,4-8H2,1-3H3,(H,18,20). The Morgan fingerprint density at radius 1 is 1.23 bits per heavy atom. The second-order valence-electron chi connectivity index (χ2n) is 7.98. The summed E-state index contributed by atoms with van der Waals surface area (Å²) in [5.41, 5.74) is 0. The van der Waals surface area contributed by atoms with Crippen LogP contribution in [0.4, 0.5) is 4.79 Å². The van der Waals surface area contributed by atoms with E-state index in [1.165, 1.54) is 0 Å². The highest BCUT2D eigenvalue weighted by atomic mass is 32.2. The fraction of sp³-hybridized carbons (Fsp3) is 0.882. The van der Waals surface area contributed by atoms with Crippen LogP contribution in [0.3, 0.4) is 0 Å². The first kappa shape index (κ1) is 19.4. The highest BCUT2D eigenvalue weighted by Crippen LogP contribution is 2.55. The molecule has 148 valence electrons. The minimum atomic E-state index is -3.52. The molecule has 0 aromatic carbocycles. The summed E-state index contributed by atoms with van der Waals surface area (Å²) < 4.78 is 39.4. The number of hydrogen-bond acceptors (Lipinski definition) is 7. The minimum Gasteiger partial charge on any atom is -0.464 e. The largest absolute Gasteiger partial charge is 0.464 e. The molecule has 2 saturated carbocycles. The summed E-state index contributed by atoms with van der Waals surface area (Å²) in [5.74, 6) is -0.0736. The SMILES string of the molecule is CC(C)CC(C)C(=O)OCCNC(=O)OC1C2CC3C1OS(=O)(=O)C3C2. The fourth-order valence-electron chi connectivity index (χ4n) is 4.46. The Morgan fingerprint density at radius 2 is 1.96 bits per heavy atom. The second kappa shape index (κ2) is 7.34. The van der Waals surface area contributed by atoms with Gasteiger partial charge < -0.3 is 14.8 Å². The minimum absolute atomic E-state index is 0.0349. The lowest BCUT2D eigenvalue weighted by molar-refractivity contribution is -0.148. The van der Waals surface area contributed by atoms with E-state index >= 15 is 0 Å². The number of amides is 1. The molecule has 3 rings (SSSR count). The summed E-state index contributed by atoms with van der Waals surface area (Å²) in [6.45, 7) is 6.12. The van der Waals surface area contributed by atoms with Gasteiger partial charge in [0.25, 0.3) is 10.1 Å². The van der Waals surface area contributed by atoms with Crippen molar-refractivity contribution in [3.8, 4) is 0 Å². The number of carbonyl (C=O) groups is 2. The van der Waals surface area contributed by atoms with Gasteiger partial charge in [0.05, 0.1) is 17.7 Å². The molecule has 8 nitrogen and oxygen atoms in total. The van der Waals surface area contributed by atoms with E-state index in [-0.39, 0.29) is 36.9 Å². The Balaban J connectivity index is 1.38. The Bertz CT molecular complexity index is 662. The summed E-state index contributed by atoms with van der Waals surface area (Å²) in [5, 5.41) is 2.10. The summed E-state index contributed by atoms with van der Waals surface area (Å²) >= 11 is 0. The second-order valence-corrected chi connectivity index (χ2v) is 9.77. The number of alkyl carbamates (subject to hydrolysis) is 1. The molecule has 26 heavy (non-hydrogen) atoms. The van der Waals surface area contributed by atoms with E-state index in [1.807, 2.05) is 20.8 Å². The van der Waals surface area contributed by atoms with Crippen molar-refractivity contribution in [2.45, 2.75) is 57.5 Å². The molecule has 1 saturated heterocycles. The maximum atomic E-state index is 12.0. The van der Waals surface area contributed by atoms with E-state index in [2.05, 4.69) is 5.32 Å². The number of ether oxygens (including phenoxy) is 2. The quantitative estimate of drug-likeness (QED) is 0.399. The van der Waals surface area contributed by atoms with E-state index < -0.39 is 33.7 Å². The molecule has 3 aliphatic rings. The Hall–Kier alpha value is -1.35. The Labute approximate surface area is 154 Å². The van der Waals surface area contributed by atoms with Gasteiger partial charge in [0.15, 0.2) is 0 Å². The number of nitrogens with one attached hydrogen (secondary N) is 1. The lowest BCUT2D eigenvalue weighted by atomic mass is 9.94. The van der Waals surface area contributed by atoms with Gasteiger partial charge in [0.1, 0.15) is 18.8 Å². The molecule has 1 amide bonds. The maximum absolute atomic E-state index is 12.0. The van der Waals surface area contributed by atoms with E-state index in [0.29, 0.717) is 12.3 Å². The lowest BCUT2D eigenvalue weighted by Gasteiger charge is -2.24. The molecular formula is C17H27NO7S. The van der Waals surface area contributed by atoms with Gasteiger partial charge in [0, 0.05) is 11.8 Å². The van der Waals surface area contributed by atoms with Crippen LogP contribution in [0.25, 0.3) is 0 Å². The smallest absolute Gasteiger partial charge is 0.407 e. The van der Waals surface area contributed by atoms with Gasteiger partial charge in [-0.2, -0.15) is 8.42 Å². The monoisotopic (exact) mass is 389 g/mol. The molecule has 2 bridgehead atoms. The van der Waals surface area contributed by atoms with Crippen LogP contribution in [0.5, 0.6) is 0 Å². The first-order valence-electron chi connectivity index (χ1n) is 9.22. The van der Waals surface area contributed by atoms with Gasteiger partial charge in [-0.05, 0) is 25.2 Å². The van der Waals surface area contributed by atoms with Crippen molar-refractivity contribution in [3.05, 3.63) is 0 Å². The normalized spacial score (nSPS) is 34.7. The number of hydrogen-bond donors (Lipinski definition) is 1. The average molecular weight is 389 g/mol. The van der Waals surface area contributed by atoms with Gasteiger partial charge >= 0.3 is 12.1 Å². The molecule has 9 heteroatoms. The first-order valence-corrected chi connectivity index (χ1v) is 10.7. The molecule has 6 atom stereocenters. The topological polar surface area (TPSA) is 108 Å². The van der Waals surface area contributed by atoms with E-state index in [1.54, 1.807) is 0 Å². The van der Waals surface area contributed by atoms with Crippen LogP contribution in [0.2, 0.25) is 0 Å². The van der Waals surface area contributed by atoms with Crippen molar-refractivity contribution in [3.63, 3.8) is 0 Å². The highest BCUT2D eigenvalue weighted by molar-refractivity contribution is 7.87. The van der Waals surface area contributed by atoms with Crippen molar-refractivity contribution in [1.29, 1.82) is 0 Å². The predicted octanol–water partition coefficient (Wildman–Crippen LogP) is 1.44. The maximum Gasteiger partial charge on any atom is 0.407 e. The summed E-state index contributed by atoms with van der Waals surface area (Å²) in [4.78, 5) is 23.8. The van der Waals surface area contributed by atoms with E-state index in [0.717, 1.165) is 12.8 Å². The van der Waals surface area contributed by atoms with Gasteiger partial charge in [-0.15, -0.1) is 0 Å². The molecule has 6 unspecified atom stereocenters. The van der Waals surface area contributed by atoms with Crippen molar-refractivity contribution in [2.75, 3.05) is 13.2 Å². The third-order valence-corrected chi connectivity index (χ3v) is 7.27. The number of esters is 1. The van der Waals surface area contributed by atoms with Crippen molar-refractivity contribution >= 4 is 22.2 Å². The molecule has 0 aromatic heterocycles. The van der Waals surface area contributed by atoms with Crippen molar-refractivity contribution in [2.24, 2.45) is 23.7 Å². The zero-order valence-corrected chi connectivity index (χ0v) is 16.2. The van der Waals surface area contributed by atoms with Crippen LogP contribution in [0.15, 0.2) is 0 Å². The van der Waals surface area contributed by atoms with Gasteiger partial charge in [-0.1, -0.05) is 20.8 Å². The molecule has 2 aliphatic carbocycles. The van der Waals surface area contributed by atoms with Crippen LogP contribution >= 0.6 is 0 Å². The predicted molar refractivity (Wildman–Crippen MR) is 91.6 cm³/mol. The van der Waals surface area contributed by atoms with Gasteiger partial charge in [-0.25, -0.2) is 4.79 Å². The zero-order valence-electron chi connectivity index (χ0n) is 15.3.